The van der Waals surface area contributed by atoms with Crippen LogP contribution in [0.5, 0.6) is 0 Å². The van der Waals surface area contributed by atoms with Crippen LogP contribution in [0, 0.1) is 6.92 Å². The monoisotopic (exact) mass is 431 g/mol. The number of anilines is 1. The van der Waals surface area contributed by atoms with Crippen molar-refractivity contribution in [2.24, 2.45) is 4.99 Å². The van der Waals surface area contributed by atoms with E-state index in [1.54, 1.807) is 0 Å². The van der Waals surface area contributed by atoms with Crippen molar-refractivity contribution >= 4 is 45.9 Å². The number of fused-ring (bicyclic) bond motifs is 1. The fraction of sp³-hybridized carbons (Fsp3) is 0.308. The summed E-state index contributed by atoms with van der Waals surface area (Å²) in [5, 5.41) is 3.50. The minimum absolute atomic E-state index is 0.00454. The number of aliphatic imine (C=N–C) groups is 1. The van der Waals surface area contributed by atoms with Gasteiger partial charge >= 0.3 is 0 Å². The average molecular weight is 432 g/mol. The Bertz CT molecular complexity index is 1130. The minimum Gasteiger partial charge on any atom is -0.362 e. The van der Waals surface area contributed by atoms with Crippen LogP contribution in [0.25, 0.3) is 11.6 Å². The van der Waals surface area contributed by atoms with Gasteiger partial charge in [-0.3, -0.25) is 4.79 Å². The second-order valence-corrected chi connectivity index (χ2v) is 9.76. The molecular formula is C26H29N3OS. The van der Waals surface area contributed by atoms with Crippen LogP contribution in [0.1, 0.15) is 50.8 Å². The molecule has 4 nitrogen and oxygen atoms in total. The third kappa shape index (κ3) is 4.47. The molecule has 2 aromatic carbocycles. The lowest BCUT2D eigenvalue weighted by Crippen LogP contribution is -2.45. The molecule has 4 rings (SSSR count). The number of carbonyl (C=O) groups excluding carboxylic acids is 1. The molecule has 0 bridgehead atoms. The molecule has 1 amide bonds. The second-order valence-electron chi connectivity index (χ2n) is 8.73. The van der Waals surface area contributed by atoms with Crippen LogP contribution in [0.15, 0.2) is 58.4 Å². The smallest absolute Gasteiger partial charge is 0.264 e. The van der Waals surface area contributed by atoms with Gasteiger partial charge in [0.15, 0.2) is 5.17 Å². The Hall–Kier alpha value is -2.79. The van der Waals surface area contributed by atoms with Gasteiger partial charge in [0.2, 0.25) is 0 Å². The van der Waals surface area contributed by atoms with E-state index in [-0.39, 0.29) is 11.4 Å². The highest BCUT2D eigenvalue weighted by atomic mass is 32.2. The van der Waals surface area contributed by atoms with Gasteiger partial charge in [-0.05, 0) is 92.9 Å². The summed E-state index contributed by atoms with van der Waals surface area (Å²) in [6.45, 7) is 12.0. The summed E-state index contributed by atoms with van der Waals surface area (Å²) in [4.78, 5) is 20.2. The second kappa shape index (κ2) is 8.39. The van der Waals surface area contributed by atoms with E-state index in [1.807, 2.05) is 37.3 Å². The molecule has 1 fully saturated rings. The van der Waals surface area contributed by atoms with Gasteiger partial charge in [0.25, 0.3) is 5.91 Å². The number of amides is 1. The number of allylic oxidation sites excluding steroid dienone is 1. The Balaban J connectivity index is 1.63. The van der Waals surface area contributed by atoms with Crippen LogP contribution < -0.4 is 10.2 Å². The highest BCUT2D eigenvalue weighted by Gasteiger charge is 2.31. The average Bonchev–Trinajstić information content (AvgIpc) is 3.03. The Kier molecular flexibility index (Phi) is 5.80. The Morgan fingerprint density at radius 2 is 1.97 bits per heavy atom. The normalized spacial score (nSPS) is 20.1. The molecule has 2 aromatic rings. The summed E-state index contributed by atoms with van der Waals surface area (Å²) in [5.41, 5.74) is 6.78. The van der Waals surface area contributed by atoms with Crippen LogP contribution in [0.4, 0.5) is 11.4 Å². The van der Waals surface area contributed by atoms with Crippen molar-refractivity contribution in [1.29, 1.82) is 0 Å². The predicted molar refractivity (Wildman–Crippen MR) is 134 cm³/mol. The van der Waals surface area contributed by atoms with Crippen molar-refractivity contribution in [3.63, 3.8) is 0 Å². The zero-order valence-corrected chi connectivity index (χ0v) is 19.6. The lowest BCUT2D eigenvalue weighted by molar-refractivity contribution is -0.115. The van der Waals surface area contributed by atoms with E-state index in [4.69, 9.17) is 0 Å². The summed E-state index contributed by atoms with van der Waals surface area (Å²) in [7, 11) is 0. The fourth-order valence-electron chi connectivity index (χ4n) is 4.27. The topological polar surface area (TPSA) is 44.7 Å². The van der Waals surface area contributed by atoms with Crippen LogP contribution in [0.3, 0.4) is 0 Å². The Morgan fingerprint density at radius 1 is 1.16 bits per heavy atom. The summed E-state index contributed by atoms with van der Waals surface area (Å²) >= 11 is 1.39. The van der Waals surface area contributed by atoms with Gasteiger partial charge in [-0.15, -0.1) is 0 Å². The standard InChI is InChI=1S/C26H29N3OS/c1-6-12-29-22-11-10-19(14-21(22)18(3)16-26(29,4)5)15-23-24(30)28-25(31-23)27-20-9-7-8-17(2)13-20/h7-11,13-16H,6,12H2,1-5H3,(H,27,28,30)/b23-15+. The van der Waals surface area contributed by atoms with Gasteiger partial charge in [-0.2, -0.15) is 0 Å². The minimum atomic E-state index is -0.102. The summed E-state index contributed by atoms with van der Waals surface area (Å²) in [5.74, 6) is -0.102. The maximum absolute atomic E-state index is 12.5. The largest absolute Gasteiger partial charge is 0.362 e. The number of rotatable bonds is 4. The molecule has 5 heteroatoms. The lowest BCUT2D eigenvalue weighted by Gasteiger charge is -2.43. The molecule has 0 radical (unpaired) electrons. The molecule has 1 saturated heterocycles. The maximum atomic E-state index is 12.5. The van der Waals surface area contributed by atoms with Crippen molar-refractivity contribution in [2.75, 3.05) is 11.4 Å². The van der Waals surface area contributed by atoms with E-state index in [9.17, 15) is 4.79 Å². The lowest BCUT2D eigenvalue weighted by atomic mass is 9.88. The van der Waals surface area contributed by atoms with Crippen LogP contribution in [-0.2, 0) is 4.79 Å². The van der Waals surface area contributed by atoms with Gasteiger partial charge in [-0.1, -0.05) is 31.2 Å². The van der Waals surface area contributed by atoms with E-state index in [0.717, 1.165) is 29.8 Å². The molecule has 0 spiro atoms. The van der Waals surface area contributed by atoms with Gasteiger partial charge < -0.3 is 10.2 Å². The summed E-state index contributed by atoms with van der Waals surface area (Å²) in [6.07, 6.45) is 5.39. The van der Waals surface area contributed by atoms with Crippen molar-refractivity contribution in [3.8, 4) is 0 Å². The zero-order valence-electron chi connectivity index (χ0n) is 18.8. The van der Waals surface area contributed by atoms with Crippen molar-refractivity contribution in [3.05, 3.63) is 70.1 Å². The van der Waals surface area contributed by atoms with E-state index in [1.165, 1.54) is 28.6 Å². The molecule has 2 aliphatic rings. The first-order valence-corrected chi connectivity index (χ1v) is 11.6. The van der Waals surface area contributed by atoms with Crippen molar-refractivity contribution in [1.82, 2.24) is 5.32 Å². The van der Waals surface area contributed by atoms with Crippen molar-refractivity contribution < 1.29 is 4.79 Å². The molecular weight excluding hydrogens is 402 g/mol. The predicted octanol–water partition coefficient (Wildman–Crippen LogP) is 6.30. The van der Waals surface area contributed by atoms with Crippen LogP contribution >= 0.6 is 11.8 Å². The van der Waals surface area contributed by atoms with E-state index >= 15 is 0 Å². The molecule has 160 valence electrons. The molecule has 2 heterocycles. The maximum Gasteiger partial charge on any atom is 0.264 e. The van der Waals surface area contributed by atoms with Gasteiger partial charge in [0, 0.05) is 17.8 Å². The SMILES string of the molecule is CCCN1c2ccc(/C=C3/SC(=Nc4cccc(C)c4)NC3=O)cc2C(C)=CC1(C)C. The third-order valence-electron chi connectivity index (χ3n) is 5.63. The fourth-order valence-corrected chi connectivity index (χ4v) is 5.11. The molecule has 1 N–H and O–H groups in total. The van der Waals surface area contributed by atoms with Crippen molar-refractivity contribution in [2.45, 2.75) is 46.6 Å². The van der Waals surface area contributed by atoms with Crippen LogP contribution in [-0.4, -0.2) is 23.2 Å². The first-order chi connectivity index (χ1) is 14.8. The van der Waals surface area contributed by atoms with Crippen LogP contribution in [0.2, 0.25) is 0 Å². The molecule has 0 saturated carbocycles. The summed E-state index contributed by atoms with van der Waals surface area (Å²) in [6, 6.07) is 14.4. The number of hydrogen-bond donors (Lipinski definition) is 1. The summed E-state index contributed by atoms with van der Waals surface area (Å²) < 4.78 is 0. The van der Waals surface area contributed by atoms with E-state index in [0.29, 0.717) is 10.1 Å². The number of thioether (sulfide) groups is 1. The molecule has 0 aliphatic carbocycles. The van der Waals surface area contributed by atoms with Gasteiger partial charge in [0.05, 0.1) is 16.1 Å². The number of aryl methyl sites for hydroxylation is 1. The van der Waals surface area contributed by atoms with Gasteiger partial charge in [0.1, 0.15) is 0 Å². The third-order valence-corrected chi connectivity index (χ3v) is 6.54. The Morgan fingerprint density at radius 3 is 2.71 bits per heavy atom. The number of hydrogen-bond acceptors (Lipinski definition) is 4. The van der Waals surface area contributed by atoms with E-state index in [2.05, 4.69) is 67.2 Å². The number of nitrogens with one attached hydrogen (secondary N) is 1. The number of benzene rings is 2. The van der Waals surface area contributed by atoms with Gasteiger partial charge in [-0.25, -0.2) is 4.99 Å². The molecule has 2 aliphatic heterocycles. The Labute approximate surface area is 189 Å². The molecule has 0 atom stereocenters. The molecule has 0 unspecified atom stereocenters. The quantitative estimate of drug-likeness (QED) is 0.578. The van der Waals surface area contributed by atoms with E-state index < -0.39 is 0 Å². The first-order valence-electron chi connectivity index (χ1n) is 10.7. The first kappa shape index (κ1) is 21.4. The number of nitrogens with zero attached hydrogens (tertiary/aromatic N) is 2. The molecule has 31 heavy (non-hydrogen) atoms. The molecule has 0 aromatic heterocycles. The number of carbonyl (C=O) groups is 1. The highest BCUT2D eigenvalue weighted by molar-refractivity contribution is 8.18. The highest BCUT2D eigenvalue weighted by Crippen LogP contribution is 2.40. The number of amidine groups is 1. The zero-order chi connectivity index (χ0) is 22.2.